The molecule has 0 bridgehead atoms. The zero-order valence-electron chi connectivity index (χ0n) is 15.2. The van der Waals surface area contributed by atoms with E-state index in [0.29, 0.717) is 52.0 Å². The maximum Gasteiger partial charge on any atom is 0.410 e. The van der Waals surface area contributed by atoms with Gasteiger partial charge in [-0.2, -0.15) is 0 Å². The summed E-state index contributed by atoms with van der Waals surface area (Å²) >= 11 is 0. The molecule has 3 fully saturated rings. The molecule has 3 heterocycles. The molecule has 0 atom stereocenters. The first-order valence-corrected chi connectivity index (χ1v) is 8.93. The van der Waals surface area contributed by atoms with Crippen LogP contribution in [0.1, 0.15) is 46.5 Å². The number of amides is 4. The first kappa shape index (κ1) is 18.0. The predicted octanol–water partition coefficient (Wildman–Crippen LogP) is 1.49. The molecule has 1 spiro atoms. The zero-order valence-corrected chi connectivity index (χ0v) is 15.2. The Kier molecular flexibility index (Phi) is 4.66. The van der Waals surface area contributed by atoms with Gasteiger partial charge in [0.25, 0.3) is 5.91 Å². The standard InChI is InChI=1S/C17H27N3O5/c1-16(2,3)25-15(23)19-8-6-17(7-9-19)13(21)20(14(22)18-17)12-4-10-24-11-5-12/h12H,4-11H2,1-3H3,(H,18,22). The van der Waals surface area contributed by atoms with Crippen LogP contribution in [0.2, 0.25) is 0 Å². The SMILES string of the molecule is CC(C)(C)OC(=O)N1CCC2(CC1)NC(=O)N(C1CCOCC1)C2=O. The van der Waals surface area contributed by atoms with Crippen LogP contribution in [0.15, 0.2) is 0 Å². The highest BCUT2D eigenvalue weighted by atomic mass is 16.6. The van der Waals surface area contributed by atoms with E-state index in [1.807, 2.05) is 20.8 Å². The van der Waals surface area contributed by atoms with Gasteiger partial charge in [-0.15, -0.1) is 0 Å². The Labute approximate surface area is 147 Å². The summed E-state index contributed by atoms with van der Waals surface area (Å²) in [6, 6.07) is -0.410. The van der Waals surface area contributed by atoms with Crippen LogP contribution in [0.25, 0.3) is 0 Å². The summed E-state index contributed by atoms with van der Waals surface area (Å²) in [6.45, 7) is 7.39. The molecular formula is C17H27N3O5. The molecule has 0 aromatic rings. The van der Waals surface area contributed by atoms with Gasteiger partial charge in [0.1, 0.15) is 11.1 Å². The Hall–Kier alpha value is -1.83. The molecule has 8 nitrogen and oxygen atoms in total. The number of carbonyl (C=O) groups excluding carboxylic acids is 3. The summed E-state index contributed by atoms with van der Waals surface area (Å²) < 4.78 is 10.7. The van der Waals surface area contributed by atoms with E-state index in [4.69, 9.17) is 9.47 Å². The van der Waals surface area contributed by atoms with Gasteiger partial charge in [-0.05, 0) is 46.5 Å². The van der Waals surface area contributed by atoms with Gasteiger partial charge in [-0.3, -0.25) is 9.69 Å². The zero-order chi connectivity index (χ0) is 18.2. The van der Waals surface area contributed by atoms with E-state index >= 15 is 0 Å². The number of hydrogen-bond donors (Lipinski definition) is 1. The van der Waals surface area contributed by atoms with Crippen molar-refractivity contribution in [2.75, 3.05) is 26.3 Å². The second-order valence-electron chi connectivity index (χ2n) is 8.00. The molecular weight excluding hydrogens is 326 g/mol. The van der Waals surface area contributed by atoms with Crippen molar-refractivity contribution in [3.63, 3.8) is 0 Å². The molecule has 8 heteroatoms. The van der Waals surface area contributed by atoms with Gasteiger partial charge in [-0.25, -0.2) is 9.59 Å². The minimum atomic E-state index is -0.881. The predicted molar refractivity (Wildman–Crippen MR) is 89.0 cm³/mol. The summed E-state index contributed by atoms with van der Waals surface area (Å²) in [5.74, 6) is -0.159. The van der Waals surface area contributed by atoms with Crippen molar-refractivity contribution >= 4 is 18.0 Å². The number of likely N-dealkylation sites (tertiary alicyclic amines) is 1. The van der Waals surface area contributed by atoms with Crippen LogP contribution in [0.5, 0.6) is 0 Å². The number of carbonyl (C=O) groups is 3. The van der Waals surface area contributed by atoms with E-state index in [0.717, 1.165) is 0 Å². The van der Waals surface area contributed by atoms with Crippen molar-refractivity contribution in [1.82, 2.24) is 15.1 Å². The molecule has 1 N–H and O–H groups in total. The molecule has 0 saturated carbocycles. The van der Waals surface area contributed by atoms with Crippen LogP contribution in [0.4, 0.5) is 9.59 Å². The Bertz CT molecular complexity index is 557. The number of piperidine rings is 1. The summed E-state index contributed by atoms with van der Waals surface area (Å²) in [6.07, 6.45) is 1.81. The number of rotatable bonds is 1. The van der Waals surface area contributed by atoms with Crippen molar-refractivity contribution < 1.29 is 23.9 Å². The maximum atomic E-state index is 13.0. The van der Waals surface area contributed by atoms with Gasteiger partial charge in [0, 0.05) is 32.3 Å². The second kappa shape index (κ2) is 6.48. The van der Waals surface area contributed by atoms with Crippen LogP contribution >= 0.6 is 0 Å². The highest BCUT2D eigenvalue weighted by Gasteiger charge is 2.54. The van der Waals surface area contributed by atoms with Gasteiger partial charge in [0.15, 0.2) is 0 Å². The molecule has 0 aliphatic carbocycles. The van der Waals surface area contributed by atoms with E-state index in [9.17, 15) is 14.4 Å². The lowest BCUT2D eigenvalue weighted by atomic mass is 9.87. The average molecular weight is 353 g/mol. The molecule has 3 rings (SSSR count). The van der Waals surface area contributed by atoms with Crippen LogP contribution in [-0.2, 0) is 14.3 Å². The number of nitrogens with zero attached hydrogens (tertiary/aromatic N) is 2. The van der Waals surface area contributed by atoms with E-state index in [-0.39, 0.29) is 24.1 Å². The lowest BCUT2D eigenvalue weighted by Gasteiger charge is -2.38. The van der Waals surface area contributed by atoms with E-state index in [1.54, 1.807) is 4.90 Å². The normalized spacial score (nSPS) is 24.6. The molecule has 0 aromatic heterocycles. The van der Waals surface area contributed by atoms with E-state index in [1.165, 1.54) is 4.90 Å². The number of nitrogens with one attached hydrogen (secondary N) is 1. The van der Waals surface area contributed by atoms with Gasteiger partial charge < -0.3 is 19.7 Å². The molecule has 3 saturated heterocycles. The molecule has 0 aromatic carbocycles. The topological polar surface area (TPSA) is 88.2 Å². The summed E-state index contributed by atoms with van der Waals surface area (Å²) in [5, 5.41) is 2.89. The van der Waals surface area contributed by atoms with Gasteiger partial charge in [0.05, 0.1) is 0 Å². The Morgan fingerprint density at radius 3 is 2.36 bits per heavy atom. The number of hydrogen-bond acceptors (Lipinski definition) is 5. The molecule has 140 valence electrons. The van der Waals surface area contributed by atoms with Crippen LogP contribution in [0, 0.1) is 0 Å². The number of ether oxygens (including phenoxy) is 2. The summed E-state index contributed by atoms with van der Waals surface area (Å²) in [4.78, 5) is 40.5. The Morgan fingerprint density at radius 1 is 1.20 bits per heavy atom. The maximum absolute atomic E-state index is 13.0. The number of imide groups is 1. The molecule has 3 aliphatic rings. The second-order valence-corrected chi connectivity index (χ2v) is 8.00. The molecule has 0 unspecified atom stereocenters. The van der Waals surface area contributed by atoms with Crippen LogP contribution in [-0.4, -0.2) is 71.3 Å². The monoisotopic (exact) mass is 353 g/mol. The van der Waals surface area contributed by atoms with Crippen LogP contribution < -0.4 is 5.32 Å². The largest absolute Gasteiger partial charge is 0.444 e. The van der Waals surface area contributed by atoms with Crippen molar-refractivity contribution in [3.8, 4) is 0 Å². The van der Waals surface area contributed by atoms with Gasteiger partial charge in [0.2, 0.25) is 0 Å². The lowest BCUT2D eigenvalue weighted by molar-refractivity contribution is -0.135. The number of urea groups is 1. The molecule has 25 heavy (non-hydrogen) atoms. The molecule has 4 amide bonds. The van der Waals surface area contributed by atoms with Gasteiger partial charge in [-0.1, -0.05) is 0 Å². The minimum absolute atomic E-state index is 0.0930. The first-order chi connectivity index (χ1) is 11.7. The Balaban J connectivity index is 1.64. The summed E-state index contributed by atoms with van der Waals surface area (Å²) in [5.41, 5.74) is -1.43. The van der Waals surface area contributed by atoms with Crippen molar-refractivity contribution in [2.24, 2.45) is 0 Å². The fourth-order valence-corrected chi connectivity index (χ4v) is 3.65. The van der Waals surface area contributed by atoms with E-state index in [2.05, 4.69) is 5.32 Å². The quantitative estimate of drug-likeness (QED) is 0.722. The highest BCUT2D eigenvalue weighted by molar-refractivity contribution is 6.07. The fourth-order valence-electron chi connectivity index (χ4n) is 3.65. The van der Waals surface area contributed by atoms with Crippen molar-refractivity contribution in [2.45, 2.75) is 63.6 Å². The lowest BCUT2D eigenvalue weighted by Crippen LogP contribution is -2.56. The fraction of sp³-hybridized carbons (Fsp3) is 0.824. The van der Waals surface area contributed by atoms with Crippen molar-refractivity contribution in [1.29, 1.82) is 0 Å². The summed E-state index contributed by atoms with van der Waals surface area (Å²) in [7, 11) is 0. The third-order valence-electron chi connectivity index (χ3n) is 5.02. The highest BCUT2D eigenvalue weighted by Crippen LogP contribution is 2.32. The van der Waals surface area contributed by atoms with Crippen molar-refractivity contribution in [3.05, 3.63) is 0 Å². The molecule has 3 aliphatic heterocycles. The minimum Gasteiger partial charge on any atom is -0.444 e. The average Bonchev–Trinajstić information content (AvgIpc) is 2.77. The first-order valence-electron chi connectivity index (χ1n) is 8.93. The third kappa shape index (κ3) is 3.58. The Morgan fingerprint density at radius 2 is 1.80 bits per heavy atom. The van der Waals surface area contributed by atoms with Gasteiger partial charge >= 0.3 is 12.1 Å². The molecule has 0 radical (unpaired) electrons. The van der Waals surface area contributed by atoms with E-state index < -0.39 is 11.1 Å². The smallest absolute Gasteiger partial charge is 0.410 e. The third-order valence-corrected chi connectivity index (χ3v) is 5.02. The van der Waals surface area contributed by atoms with Crippen LogP contribution in [0.3, 0.4) is 0 Å².